The van der Waals surface area contributed by atoms with Crippen LogP contribution in [0.1, 0.15) is 17.0 Å². The Kier molecular flexibility index (Phi) is 4.84. The molecule has 0 unspecified atom stereocenters. The average molecular weight is 306 g/mol. The van der Waals surface area contributed by atoms with Crippen LogP contribution in [0, 0.1) is 6.92 Å². The number of ether oxygens (including phenoxy) is 2. The lowest BCUT2D eigenvalue weighted by Gasteiger charge is -2.09. The third-order valence-electron chi connectivity index (χ3n) is 3.25. The van der Waals surface area contributed by atoms with Gasteiger partial charge in [0.25, 0.3) is 0 Å². The summed E-state index contributed by atoms with van der Waals surface area (Å²) in [6, 6.07) is 21.7. The fraction of sp³-hybridized carbons (Fsp3) is 0.158. The van der Waals surface area contributed by atoms with Crippen molar-refractivity contribution in [1.29, 1.82) is 0 Å². The van der Waals surface area contributed by atoms with Gasteiger partial charge in [0.05, 0.1) is 6.07 Å². The molecule has 0 aliphatic rings. The molecule has 1 heterocycles. The van der Waals surface area contributed by atoms with Crippen molar-refractivity contribution in [3.05, 3.63) is 83.7 Å². The molecule has 2 aromatic carbocycles. The number of benzene rings is 2. The minimum absolute atomic E-state index is 0.468. The van der Waals surface area contributed by atoms with Crippen LogP contribution in [0.5, 0.6) is 11.8 Å². The largest absolute Gasteiger partial charge is 0.473 e. The lowest BCUT2D eigenvalue weighted by Crippen LogP contribution is -2.02. The van der Waals surface area contributed by atoms with Crippen molar-refractivity contribution in [1.82, 2.24) is 9.97 Å². The standard InChI is InChI=1S/C19H18N2O2/c1-15-20-18(22-13-16-8-4-2-5-9-16)12-19(21-15)23-14-17-10-6-3-7-11-17/h2-12H,13-14H2,1H3. The molecular weight excluding hydrogens is 288 g/mol. The zero-order chi connectivity index (χ0) is 15.9. The van der Waals surface area contributed by atoms with Gasteiger partial charge in [0.1, 0.15) is 19.0 Å². The van der Waals surface area contributed by atoms with E-state index in [0.29, 0.717) is 30.8 Å². The molecule has 0 aliphatic heterocycles. The van der Waals surface area contributed by atoms with Gasteiger partial charge in [-0.15, -0.1) is 0 Å². The number of nitrogens with zero attached hydrogens (tertiary/aromatic N) is 2. The first-order valence-corrected chi connectivity index (χ1v) is 7.49. The Morgan fingerprint density at radius 1 is 0.696 bits per heavy atom. The van der Waals surface area contributed by atoms with Crippen LogP contribution in [-0.2, 0) is 13.2 Å². The van der Waals surface area contributed by atoms with Crippen molar-refractivity contribution in [3.8, 4) is 11.8 Å². The molecule has 0 fully saturated rings. The van der Waals surface area contributed by atoms with E-state index in [1.54, 1.807) is 6.07 Å². The fourth-order valence-electron chi connectivity index (χ4n) is 2.13. The van der Waals surface area contributed by atoms with Crippen LogP contribution in [0.25, 0.3) is 0 Å². The van der Waals surface area contributed by atoms with Gasteiger partial charge in [0.2, 0.25) is 11.8 Å². The minimum atomic E-state index is 0.468. The Labute approximate surface area is 135 Å². The van der Waals surface area contributed by atoms with E-state index in [9.17, 15) is 0 Å². The van der Waals surface area contributed by atoms with Gasteiger partial charge in [-0.1, -0.05) is 60.7 Å². The number of aromatic nitrogens is 2. The van der Waals surface area contributed by atoms with E-state index >= 15 is 0 Å². The molecule has 0 N–H and O–H groups in total. The Hall–Kier alpha value is -2.88. The van der Waals surface area contributed by atoms with Crippen LogP contribution in [0.15, 0.2) is 66.7 Å². The van der Waals surface area contributed by atoms with E-state index in [2.05, 4.69) is 9.97 Å². The first kappa shape index (κ1) is 15.0. The summed E-state index contributed by atoms with van der Waals surface area (Å²) in [5, 5.41) is 0. The normalized spacial score (nSPS) is 10.3. The van der Waals surface area contributed by atoms with E-state index < -0.39 is 0 Å². The molecule has 4 nitrogen and oxygen atoms in total. The average Bonchev–Trinajstić information content (AvgIpc) is 2.60. The molecule has 116 valence electrons. The van der Waals surface area contributed by atoms with Crippen molar-refractivity contribution in [2.45, 2.75) is 20.1 Å². The second-order valence-electron chi connectivity index (χ2n) is 5.14. The lowest BCUT2D eigenvalue weighted by molar-refractivity contribution is 0.272. The SMILES string of the molecule is Cc1nc(OCc2ccccc2)cc(OCc2ccccc2)n1. The Bertz CT molecular complexity index is 684. The zero-order valence-electron chi connectivity index (χ0n) is 13.0. The number of hydrogen-bond acceptors (Lipinski definition) is 4. The van der Waals surface area contributed by atoms with E-state index in [1.807, 2.05) is 67.6 Å². The number of rotatable bonds is 6. The maximum Gasteiger partial charge on any atom is 0.220 e. The Morgan fingerprint density at radius 2 is 1.13 bits per heavy atom. The van der Waals surface area contributed by atoms with Crippen molar-refractivity contribution in [2.24, 2.45) is 0 Å². The first-order chi connectivity index (χ1) is 11.3. The third-order valence-corrected chi connectivity index (χ3v) is 3.25. The maximum absolute atomic E-state index is 5.73. The molecule has 0 saturated carbocycles. The second kappa shape index (κ2) is 7.40. The van der Waals surface area contributed by atoms with Crippen molar-refractivity contribution in [3.63, 3.8) is 0 Å². The van der Waals surface area contributed by atoms with Gasteiger partial charge in [-0.2, -0.15) is 9.97 Å². The highest BCUT2D eigenvalue weighted by atomic mass is 16.5. The molecule has 4 heteroatoms. The zero-order valence-corrected chi connectivity index (χ0v) is 13.0. The molecule has 0 saturated heterocycles. The van der Waals surface area contributed by atoms with Crippen molar-refractivity contribution >= 4 is 0 Å². The van der Waals surface area contributed by atoms with Crippen LogP contribution in [0.2, 0.25) is 0 Å². The third kappa shape index (κ3) is 4.54. The molecule has 0 spiro atoms. The summed E-state index contributed by atoms with van der Waals surface area (Å²) in [6.07, 6.45) is 0. The summed E-state index contributed by atoms with van der Waals surface area (Å²) in [4.78, 5) is 8.58. The van der Waals surface area contributed by atoms with Gasteiger partial charge >= 0.3 is 0 Å². The minimum Gasteiger partial charge on any atom is -0.473 e. The number of hydrogen-bond donors (Lipinski definition) is 0. The Morgan fingerprint density at radius 3 is 1.57 bits per heavy atom. The lowest BCUT2D eigenvalue weighted by atomic mass is 10.2. The molecule has 0 aliphatic carbocycles. The van der Waals surface area contributed by atoms with Gasteiger partial charge < -0.3 is 9.47 Å². The first-order valence-electron chi connectivity index (χ1n) is 7.49. The quantitative estimate of drug-likeness (QED) is 0.692. The van der Waals surface area contributed by atoms with E-state index in [-0.39, 0.29) is 0 Å². The van der Waals surface area contributed by atoms with Crippen molar-refractivity contribution in [2.75, 3.05) is 0 Å². The van der Waals surface area contributed by atoms with Gasteiger partial charge in [-0.3, -0.25) is 0 Å². The summed E-state index contributed by atoms with van der Waals surface area (Å²) < 4.78 is 11.5. The van der Waals surface area contributed by atoms with Gasteiger partial charge in [0, 0.05) is 0 Å². The molecular formula is C19H18N2O2. The van der Waals surface area contributed by atoms with E-state index in [0.717, 1.165) is 11.1 Å². The highest BCUT2D eigenvalue weighted by Gasteiger charge is 2.05. The molecule has 0 radical (unpaired) electrons. The second-order valence-corrected chi connectivity index (χ2v) is 5.14. The summed E-state index contributed by atoms with van der Waals surface area (Å²) in [5.74, 6) is 1.66. The van der Waals surface area contributed by atoms with Gasteiger partial charge in [-0.05, 0) is 18.1 Å². The van der Waals surface area contributed by atoms with Crippen LogP contribution < -0.4 is 9.47 Å². The van der Waals surface area contributed by atoms with Crippen molar-refractivity contribution < 1.29 is 9.47 Å². The summed E-state index contributed by atoms with van der Waals surface area (Å²) >= 11 is 0. The fourth-order valence-corrected chi connectivity index (χ4v) is 2.13. The van der Waals surface area contributed by atoms with Crippen LogP contribution in [0.3, 0.4) is 0 Å². The summed E-state index contributed by atoms with van der Waals surface area (Å²) in [5.41, 5.74) is 2.19. The van der Waals surface area contributed by atoms with E-state index in [1.165, 1.54) is 0 Å². The predicted molar refractivity (Wildman–Crippen MR) is 88.3 cm³/mol. The van der Waals surface area contributed by atoms with Crippen LogP contribution in [-0.4, -0.2) is 9.97 Å². The maximum atomic E-state index is 5.73. The summed E-state index contributed by atoms with van der Waals surface area (Å²) in [7, 11) is 0. The highest BCUT2D eigenvalue weighted by Crippen LogP contribution is 2.18. The topological polar surface area (TPSA) is 44.2 Å². The van der Waals surface area contributed by atoms with E-state index in [4.69, 9.17) is 9.47 Å². The summed E-state index contributed by atoms with van der Waals surface area (Å²) in [6.45, 7) is 2.76. The molecule has 3 aromatic rings. The highest BCUT2D eigenvalue weighted by molar-refractivity contribution is 5.23. The predicted octanol–water partition coefficient (Wildman–Crippen LogP) is 3.94. The molecule has 0 bridgehead atoms. The molecule has 0 amide bonds. The molecule has 3 rings (SSSR count). The van der Waals surface area contributed by atoms with Gasteiger partial charge in [-0.25, -0.2) is 0 Å². The Balaban J connectivity index is 1.64. The van der Waals surface area contributed by atoms with Gasteiger partial charge in [0.15, 0.2) is 0 Å². The monoisotopic (exact) mass is 306 g/mol. The smallest absolute Gasteiger partial charge is 0.220 e. The molecule has 23 heavy (non-hydrogen) atoms. The van der Waals surface area contributed by atoms with Crippen LogP contribution >= 0.6 is 0 Å². The number of aryl methyl sites for hydroxylation is 1. The van der Waals surface area contributed by atoms with Crippen LogP contribution in [0.4, 0.5) is 0 Å². The molecule has 0 atom stereocenters. The molecule has 1 aromatic heterocycles.